The van der Waals surface area contributed by atoms with E-state index >= 15 is 0 Å². The van der Waals surface area contributed by atoms with Gasteiger partial charge in [-0.1, -0.05) is 48.0 Å². The molecule has 3 aromatic rings. The monoisotopic (exact) mass is 451 g/mol. The lowest BCUT2D eigenvalue weighted by atomic mass is 10.0. The Labute approximate surface area is 189 Å². The van der Waals surface area contributed by atoms with Crippen LogP contribution in [0.2, 0.25) is 5.02 Å². The lowest BCUT2D eigenvalue weighted by Crippen LogP contribution is -2.26. The number of nitrogens with zero attached hydrogens (tertiary/aromatic N) is 3. The van der Waals surface area contributed by atoms with E-state index in [0.29, 0.717) is 41.1 Å². The van der Waals surface area contributed by atoms with E-state index in [1.807, 2.05) is 24.3 Å². The Bertz CT molecular complexity index is 1290. The smallest absolute Gasteiger partial charge is 0.294 e. The SMILES string of the molecule is O=C(NCC1CC1)c1ccccc1OCc1[nH]c2nc(C3C=CC=CC3)nn2c(=O)c1Cl. The summed E-state index contributed by atoms with van der Waals surface area (Å²) in [7, 11) is 0. The van der Waals surface area contributed by atoms with Gasteiger partial charge in [0.05, 0.1) is 11.3 Å². The van der Waals surface area contributed by atoms with E-state index in [1.165, 1.54) is 4.52 Å². The Hall–Kier alpha value is -3.39. The number of ether oxygens (including phenoxy) is 1. The highest BCUT2D eigenvalue weighted by molar-refractivity contribution is 6.31. The highest BCUT2D eigenvalue weighted by Gasteiger charge is 2.23. The predicted octanol–water partition coefficient (Wildman–Crippen LogP) is 3.39. The van der Waals surface area contributed by atoms with Gasteiger partial charge in [0, 0.05) is 12.5 Å². The Balaban J connectivity index is 1.37. The normalized spacial score (nSPS) is 17.6. The number of halogens is 1. The summed E-state index contributed by atoms with van der Waals surface area (Å²) in [6.07, 6.45) is 11.0. The fourth-order valence-corrected chi connectivity index (χ4v) is 3.76. The number of amides is 1. The summed E-state index contributed by atoms with van der Waals surface area (Å²) in [6.45, 7) is 0.649. The molecule has 5 rings (SSSR count). The first kappa shape index (κ1) is 20.5. The Morgan fingerprint density at radius 3 is 2.91 bits per heavy atom. The lowest BCUT2D eigenvalue weighted by Gasteiger charge is -2.12. The van der Waals surface area contributed by atoms with Crippen molar-refractivity contribution in [3.63, 3.8) is 0 Å². The molecular formula is C23H22ClN5O3. The molecule has 0 spiro atoms. The molecule has 0 bridgehead atoms. The minimum Gasteiger partial charge on any atom is -0.486 e. The number of hydrogen-bond acceptors (Lipinski definition) is 5. The molecule has 2 aromatic heterocycles. The van der Waals surface area contributed by atoms with Crippen molar-refractivity contribution in [3.8, 4) is 5.75 Å². The van der Waals surface area contributed by atoms with Gasteiger partial charge in [-0.15, -0.1) is 5.10 Å². The maximum absolute atomic E-state index is 12.7. The van der Waals surface area contributed by atoms with Crippen LogP contribution in [-0.2, 0) is 6.61 Å². The number of hydrogen-bond donors (Lipinski definition) is 2. The molecule has 1 unspecified atom stereocenters. The van der Waals surface area contributed by atoms with Crippen molar-refractivity contribution < 1.29 is 9.53 Å². The van der Waals surface area contributed by atoms with Crippen LogP contribution in [0.5, 0.6) is 5.75 Å². The maximum Gasteiger partial charge on any atom is 0.294 e. The summed E-state index contributed by atoms with van der Waals surface area (Å²) in [5.74, 6) is 1.67. The quantitative estimate of drug-likeness (QED) is 0.573. The summed E-state index contributed by atoms with van der Waals surface area (Å²) in [5, 5.41) is 7.25. The van der Waals surface area contributed by atoms with Gasteiger partial charge in [0.25, 0.3) is 11.5 Å². The van der Waals surface area contributed by atoms with Crippen LogP contribution in [0, 0.1) is 5.92 Å². The van der Waals surface area contributed by atoms with E-state index in [1.54, 1.807) is 24.3 Å². The highest BCUT2D eigenvalue weighted by atomic mass is 35.5. The first-order chi connectivity index (χ1) is 15.6. The average molecular weight is 452 g/mol. The van der Waals surface area contributed by atoms with Crippen LogP contribution in [0.4, 0.5) is 0 Å². The van der Waals surface area contributed by atoms with Crippen LogP contribution in [0.15, 0.2) is 53.4 Å². The summed E-state index contributed by atoms with van der Waals surface area (Å²) in [5.41, 5.74) is 0.341. The number of H-pyrrole nitrogens is 1. The highest BCUT2D eigenvalue weighted by Crippen LogP contribution is 2.28. The first-order valence-corrected chi connectivity index (χ1v) is 11.0. The van der Waals surface area contributed by atoms with Crippen LogP contribution in [0.3, 0.4) is 0 Å². The number of rotatable bonds is 7. The molecule has 0 radical (unpaired) electrons. The van der Waals surface area contributed by atoms with Crippen LogP contribution < -0.4 is 15.6 Å². The van der Waals surface area contributed by atoms with Crippen LogP contribution in [0.25, 0.3) is 5.78 Å². The number of aromatic amines is 1. The van der Waals surface area contributed by atoms with Crippen LogP contribution in [0.1, 0.15) is 47.1 Å². The van der Waals surface area contributed by atoms with E-state index in [9.17, 15) is 9.59 Å². The zero-order valence-corrected chi connectivity index (χ0v) is 18.0. The molecule has 32 heavy (non-hydrogen) atoms. The van der Waals surface area contributed by atoms with Gasteiger partial charge in [-0.25, -0.2) is 0 Å². The Morgan fingerprint density at radius 1 is 1.28 bits per heavy atom. The summed E-state index contributed by atoms with van der Waals surface area (Å²) < 4.78 is 7.05. The van der Waals surface area contributed by atoms with Gasteiger partial charge < -0.3 is 15.0 Å². The molecule has 1 aromatic carbocycles. The molecule has 2 aliphatic carbocycles. The molecule has 1 amide bonds. The molecule has 2 heterocycles. The first-order valence-electron chi connectivity index (χ1n) is 10.6. The van der Waals surface area contributed by atoms with Gasteiger partial charge in [0.2, 0.25) is 5.78 Å². The lowest BCUT2D eigenvalue weighted by molar-refractivity contribution is 0.0947. The van der Waals surface area contributed by atoms with Gasteiger partial charge in [-0.05, 0) is 37.3 Å². The number of nitrogens with one attached hydrogen (secondary N) is 2. The minimum atomic E-state index is -0.469. The molecule has 8 nitrogen and oxygen atoms in total. The number of allylic oxidation sites excluding steroid dienone is 4. The Morgan fingerprint density at radius 2 is 2.12 bits per heavy atom. The molecule has 2 N–H and O–H groups in total. The fraction of sp³-hybridized carbons (Fsp3) is 0.304. The molecule has 9 heteroatoms. The van der Waals surface area contributed by atoms with Gasteiger partial charge in [0.1, 0.15) is 17.4 Å². The maximum atomic E-state index is 12.7. The second kappa shape index (κ2) is 8.63. The molecular weight excluding hydrogens is 430 g/mol. The molecule has 1 saturated carbocycles. The summed E-state index contributed by atoms with van der Waals surface area (Å²) >= 11 is 6.31. The van der Waals surface area contributed by atoms with Gasteiger partial charge >= 0.3 is 0 Å². The topological polar surface area (TPSA) is 101 Å². The van der Waals surface area contributed by atoms with Gasteiger partial charge in [0.15, 0.2) is 5.82 Å². The fourth-order valence-electron chi connectivity index (χ4n) is 3.58. The zero-order valence-electron chi connectivity index (χ0n) is 17.3. The van der Waals surface area contributed by atoms with Crippen molar-refractivity contribution in [2.24, 2.45) is 5.92 Å². The average Bonchev–Trinajstić information content (AvgIpc) is 3.56. The standard InChI is InChI=1S/C23H22ClN5O3/c24-19-17(13-32-18-9-5-4-8-16(18)21(30)25-12-14-10-11-14)26-23-27-20(28-29(23)22(19)31)15-6-2-1-3-7-15/h1-6,8-9,14-15H,7,10-13H2,(H,25,30)(H,26,27,28). The van der Waals surface area contributed by atoms with E-state index in [2.05, 4.69) is 20.4 Å². The number of fused-ring (bicyclic) bond motifs is 1. The molecule has 0 saturated heterocycles. The predicted molar refractivity (Wildman–Crippen MR) is 120 cm³/mol. The molecule has 1 atom stereocenters. The minimum absolute atomic E-state index is 0.00667. The van der Waals surface area contributed by atoms with Crippen molar-refractivity contribution in [3.05, 3.63) is 81.0 Å². The van der Waals surface area contributed by atoms with Crippen molar-refractivity contribution >= 4 is 23.3 Å². The number of carbonyl (C=O) groups is 1. The van der Waals surface area contributed by atoms with Crippen molar-refractivity contribution in [1.82, 2.24) is 24.9 Å². The second-order valence-corrected chi connectivity index (χ2v) is 8.40. The van der Waals surface area contributed by atoms with E-state index in [4.69, 9.17) is 16.3 Å². The number of benzene rings is 1. The van der Waals surface area contributed by atoms with Gasteiger partial charge in [-0.3, -0.25) is 9.59 Å². The van der Waals surface area contributed by atoms with E-state index < -0.39 is 5.56 Å². The number of aromatic nitrogens is 4. The third-order valence-corrected chi connectivity index (χ3v) is 5.99. The summed E-state index contributed by atoms with van der Waals surface area (Å²) in [4.78, 5) is 32.8. The summed E-state index contributed by atoms with van der Waals surface area (Å²) in [6, 6.07) is 7.00. The van der Waals surface area contributed by atoms with E-state index in [-0.39, 0.29) is 23.5 Å². The van der Waals surface area contributed by atoms with Crippen LogP contribution in [-0.4, -0.2) is 32.0 Å². The van der Waals surface area contributed by atoms with Crippen molar-refractivity contribution in [2.75, 3.05) is 6.54 Å². The number of carbonyl (C=O) groups excluding carboxylic acids is 1. The largest absolute Gasteiger partial charge is 0.486 e. The third-order valence-electron chi connectivity index (χ3n) is 5.60. The van der Waals surface area contributed by atoms with Crippen molar-refractivity contribution in [1.29, 1.82) is 0 Å². The Kier molecular flexibility index (Phi) is 5.53. The molecule has 2 aliphatic rings. The third kappa shape index (κ3) is 4.18. The zero-order chi connectivity index (χ0) is 22.1. The van der Waals surface area contributed by atoms with E-state index in [0.717, 1.165) is 19.3 Å². The molecule has 0 aliphatic heterocycles. The van der Waals surface area contributed by atoms with Crippen LogP contribution >= 0.6 is 11.6 Å². The molecule has 1 fully saturated rings. The van der Waals surface area contributed by atoms with Gasteiger partial charge in [-0.2, -0.15) is 9.50 Å². The number of para-hydroxylation sites is 1. The second-order valence-electron chi connectivity index (χ2n) is 8.02. The van der Waals surface area contributed by atoms with Crippen molar-refractivity contribution in [2.45, 2.75) is 31.8 Å². The molecule has 164 valence electrons.